The lowest BCUT2D eigenvalue weighted by Crippen LogP contribution is -2.29. The lowest BCUT2D eigenvalue weighted by atomic mass is 10.1. The molecule has 0 aliphatic heterocycles. The van der Waals surface area contributed by atoms with Crippen LogP contribution in [0.2, 0.25) is 0 Å². The second-order valence-electron chi connectivity index (χ2n) is 4.95. The van der Waals surface area contributed by atoms with E-state index in [1.165, 1.54) is 0 Å². The van der Waals surface area contributed by atoms with Crippen LogP contribution in [-0.2, 0) is 9.53 Å². The van der Waals surface area contributed by atoms with Crippen LogP contribution in [0.1, 0.15) is 33.6 Å². The van der Waals surface area contributed by atoms with Gasteiger partial charge in [0.15, 0.2) is 0 Å². The molecule has 0 aliphatic rings. The summed E-state index contributed by atoms with van der Waals surface area (Å²) in [5.74, 6) is 0.0754. The van der Waals surface area contributed by atoms with Crippen LogP contribution in [0, 0.1) is 5.92 Å². The molecule has 5 heteroatoms. The molecule has 0 bridgehead atoms. The number of hydrogen-bond donors (Lipinski definition) is 1. The summed E-state index contributed by atoms with van der Waals surface area (Å²) in [7, 11) is 4.05. The summed E-state index contributed by atoms with van der Waals surface area (Å²) >= 11 is 0. The number of esters is 1. The summed E-state index contributed by atoms with van der Waals surface area (Å²) < 4.78 is 5.20. The van der Waals surface area contributed by atoms with Crippen molar-refractivity contribution in [2.45, 2.75) is 33.6 Å². The van der Waals surface area contributed by atoms with Crippen molar-refractivity contribution in [1.29, 1.82) is 0 Å². The summed E-state index contributed by atoms with van der Waals surface area (Å²) in [6.45, 7) is 8.26. The van der Waals surface area contributed by atoms with E-state index in [0.717, 1.165) is 13.0 Å². The Morgan fingerprint density at radius 3 is 2.56 bits per heavy atom. The maximum absolute atomic E-state index is 11.5. The third-order valence-corrected chi connectivity index (χ3v) is 2.13. The average Bonchev–Trinajstić information content (AvgIpc) is 2.22. The first-order valence-electron chi connectivity index (χ1n) is 6.59. The first-order valence-corrected chi connectivity index (χ1v) is 6.59. The highest BCUT2D eigenvalue weighted by Crippen LogP contribution is 2.01. The highest BCUT2D eigenvalue weighted by Gasteiger charge is 2.09. The van der Waals surface area contributed by atoms with E-state index in [9.17, 15) is 4.79 Å². The highest BCUT2D eigenvalue weighted by molar-refractivity contribution is 5.87. The van der Waals surface area contributed by atoms with Crippen LogP contribution in [0.4, 0.5) is 0 Å². The zero-order valence-corrected chi connectivity index (χ0v) is 12.3. The summed E-state index contributed by atoms with van der Waals surface area (Å²) in [5.41, 5.74) is 0. The van der Waals surface area contributed by atoms with Gasteiger partial charge in [0.1, 0.15) is 0 Å². The van der Waals surface area contributed by atoms with E-state index in [1.807, 2.05) is 34.9 Å². The van der Waals surface area contributed by atoms with Gasteiger partial charge in [-0.1, -0.05) is 13.8 Å². The minimum Gasteiger partial charge on any atom is -0.393 e. The fraction of sp³-hybridized carbons (Fsp3) is 0.846. The van der Waals surface area contributed by atoms with Gasteiger partial charge in [0.05, 0.1) is 0 Å². The Hall–Kier alpha value is -1.10. The lowest BCUT2D eigenvalue weighted by molar-refractivity contribution is -0.136. The molecular weight excluding hydrogens is 230 g/mol. The molecule has 0 spiro atoms. The maximum Gasteiger partial charge on any atom is 0.313 e. The van der Waals surface area contributed by atoms with Gasteiger partial charge in [-0.25, -0.2) is 4.99 Å². The second-order valence-corrected chi connectivity index (χ2v) is 4.95. The zero-order valence-electron chi connectivity index (χ0n) is 12.3. The molecule has 0 aromatic heterocycles. The molecule has 0 unspecified atom stereocenters. The van der Waals surface area contributed by atoms with Crippen molar-refractivity contribution in [3.8, 4) is 0 Å². The molecule has 0 aromatic carbocycles. The zero-order chi connectivity index (χ0) is 14.0. The standard InChI is InChI=1S/C13H27N3O2/c1-6-14-13(15-8-7-9-16(4)5)18-12(17)10-11(2)3/h11H,6-10H2,1-5H3,(H,14,15). The molecule has 0 atom stereocenters. The SMILES string of the molecule is CCNC(=NCCCN(C)C)OC(=O)CC(C)C. The van der Waals surface area contributed by atoms with Crippen LogP contribution < -0.4 is 5.32 Å². The monoisotopic (exact) mass is 257 g/mol. The summed E-state index contributed by atoms with van der Waals surface area (Å²) in [6, 6.07) is 0.349. The number of ether oxygens (including phenoxy) is 1. The van der Waals surface area contributed by atoms with Crippen molar-refractivity contribution in [3.63, 3.8) is 0 Å². The number of carbonyl (C=O) groups excluding carboxylic acids is 1. The van der Waals surface area contributed by atoms with Gasteiger partial charge >= 0.3 is 5.97 Å². The van der Waals surface area contributed by atoms with Crippen molar-refractivity contribution >= 4 is 12.0 Å². The first kappa shape index (κ1) is 16.9. The van der Waals surface area contributed by atoms with Gasteiger partial charge in [-0.2, -0.15) is 0 Å². The van der Waals surface area contributed by atoms with E-state index >= 15 is 0 Å². The minimum atomic E-state index is -0.225. The van der Waals surface area contributed by atoms with Crippen LogP contribution in [0.3, 0.4) is 0 Å². The normalized spacial score (nSPS) is 12.1. The third kappa shape index (κ3) is 10.1. The van der Waals surface area contributed by atoms with E-state index in [4.69, 9.17) is 4.74 Å². The van der Waals surface area contributed by atoms with Gasteiger partial charge in [-0.3, -0.25) is 4.79 Å². The molecule has 106 valence electrons. The largest absolute Gasteiger partial charge is 0.393 e. The average molecular weight is 257 g/mol. The number of carbonyl (C=O) groups is 1. The van der Waals surface area contributed by atoms with Crippen molar-refractivity contribution in [2.75, 3.05) is 33.7 Å². The summed E-state index contributed by atoms with van der Waals surface area (Å²) in [4.78, 5) is 17.9. The molecule has 5 nitrogen and oxygen atoms in total. The molecule has 0 amide bonds. The molecule has 0 heterocycles. The van der Waals surface area contributed by atoms with Gasteiger partial charge in [-0.05, 0) is 39.9 Å². The van der Waals surface area contributed by atoms with Crippen LogP contribution in [0.25, 0.3) is 0 Å². The molecule has 0 aliphatic carbocycles. The van der Waals surface area contributed by atoms with Crippen molar-refractivity contribution < 1.29 is 9.53 Å². The van der Waals surface area contributed by atoms with E-state index in [0.29, 0.717) is 31.4 Å². The van der Waals surface area contributed by atoms with Crippen LogP contribution in [0.5, 0.6) is 0 Å². The lowest BCUT2D eigenvalue weighted by Gasteiger charge is -2.11. The summed E-state index contributed by atoms with van der Waals surface area (Å²) in [5, 5.41) is 2.97. The van der Waals surface area contributed by atoms with Crippen molar-refractivity contribution in [1.82, 2.24) is 10.2 Å². The van der Waals surface area contributed by atoms with E-state index in [1.54, 1.807) is 0 Å². The number of nitrogens with one attached hydrogen (secondary N) is 1. The second kappa shape index (κ2) is 9.88. The topological polar surface area (TPSA) is 53.9 Å². The maximum atomic E-state index is 11.5. The van der Waals surface area contributed by atoms with E-state index in [2.05, 4.69) is 15.2 Å². The van der Waals surface area contributed by atoms with Crippen molar-refractivity contribution in [3.05, 3.63) is 0 Å². The first-order chi connectivity index (χ1) is 8.45. The van der Waals surface area contributed by atoms with Gasteiger partial charge in [0.2, 0.25) is 0 Å². The van der Waals surface area contributed by atoms with Crippen molar-refractivity contribution in [2.24, 2.45) is 10.9 Å². The van der Waals surface area contributed by atoms with Gasteiger partial charge < -0.3 is 15.0 Å². The predicted octanol–water partition coefficient (Wildman–Crippen LogP) is 1.49. The van der Waals surface area contributed by atoms with Gasteiger partial charge in [-0.15, -0.1) is 0 Å². The highest BCUT2D eigenvalue weighted by atomic mass is 16.6. The molecule has 0 aromatic rings. The van der Waals surface area contributed by atoms with Crippen LogP contribution >= 0.6 is 0 Å². The third-order valence-electron chi connectivity index (χ3n) is 2.13. The Bertz CT molecular complexity index is 263. The molecule has 0 fully saturated rings. The Morgan fingerprint density at radius 2 is 2.06 bits per heavy atom. The molecule has 18 heavy (non-hydrogen) atoms. The van der Waals surface area contributed by atoms with Gasteiger partial charge in [0.25, 0.3) is 6.02 Å². The Kier molecular flexibility index (Phi) is 9.28. The van der Waals surface area contributed by atoms with E-state index in [-0.39, 0.29) is 5.97 Å². The number of nitrogens with zero attached hydrogens (tertiary/aromatic N) is 2. The molecule has 0 saturated carbocycles. The van der Waals surface area contributed by atoms with Crippen LogP contribution in [-0.4, -0.2) is 50.6 Å². The molecular formula is C13H27N3O2. The van der Waals surface area contributed by atoms with Gasteiger partial charge in [0, 0.05) is 19.5 Å². The molecule has 0 rings (SSSR count). The fourth-order valence-electron chi connectivity index (χ4n) is 1.33. The Balaban J connectivity index is 4.11. The van der Waals surface area contributed by atoms with E-state index < -0.39 is 0 Å². The predicted molar refractivity (Wildman–Crippen MR) is 74.7 cm³/mol. The fourth-order valence-corrected chi connectivity index (χ4v) is 1.33. The summed E-state index contributed by atoms with van der Waals surface area (Å²) in [6.07, 6.45) is 1.37. The molecule has 0 saturated heterocycles. The Labute approximate surface area is 111 Å². The number of rotatable bonds is 7. The molecule has 1 N–H and O–H groups in total. The Morgan fingerprint density at radius 1 is 1.39 bits per heavy atom. The quantitative estimate of drug-likeness (QED) is 0.325. The van der Waals surface area contributed by atoms with Crippen LogP contribution in [0.15, 0.2) is 4.99 Å². The number of aliphatic imine (C=N–C) groups is 1. The minimum absolute atomic E-state index is 0.225. The number of amidine groups is 1. The number of hydrogen-bond acceptors (Lipinski definition) is 4. The molecule has 0 radical (unpaired) electrons. The smallest absolute Gasteiger partial charge is 0.313 e.